The second-order valence-corrected chi connectivity index (χ2v) is 10.7. The van der Waals surface area contributed by atoms with Gasteiger partial charge in [0.2, 0.25) is 15.9 Å². The average molecular weight is 514 g/mol. The third kappa shape index (κ3) is 4.82. The number of hydrogen-bond donors (Lipinski definition) is 1. The monoisotopic (exact) mass is 513 g/mol. The van der Waals surface area contributed by atoms with Gasteiger partial charge < -0.3 is 5.32 Å². The lowest BCUT2D eigenvalue weighted by atomic mass is 10.1. The Hall–Kier alpha value is -3.94. The minimum Gasteiger partial charge on any atom is -0.325 e. The zero-order valence-electron chi connectivity index (χ0n) is 18.5. The third-order valence-corrected chi connectivity index (χ3v) is 7.87. The van der Waals surface area contributed by atoms with E-state index < -0.39 is 26.4 Å². The number of nitrogens with one attached hydrogen (secondary N) is 1. The van der Waals surface area contributed by atoms with Gasteiger partial charge in [-0.3, -0.25) is 24.3 Å². The van der Waals surface area contributed by atoms with Gasteiger partial charge in [0.05, 0.1) is 21.5 Å². The quantitative estimate of drug-likeness (QED) is 0.295. The summed E-state index contributed by atoms with van der Waals surface area (Å²) >= 11 is 1.23. The van der Waals surface area contributed by atoms with E-state index in [1.54, 1.807) is 11.4 Å². The van der Waals surface area contributed by atoms with Crippen LogP contribution in [0.4, 0.5) is 11.4 Å². The van der Waals surface area contributed by atoms with Crippen molar-refractivity contribution in [3.8, 4) is 11.1 Å². The molecule has 11 nitrogen and oxygen atoms in total. The second kappa shape index (κ2) is 9.37. The maximum absolute atomic E-state index is 13.2. The maximum Gasteiger partial charge on any atom is 0.270 e. The number of thiophene rings is 1. The van der Waals surface area contributed by atoms with Crippen molar-refractivity contribution >= 4 is 48.9 Å². The van der Waals surface area contributed by atoms with Crippen molar-refractivity contribution in [3.05, 3.63) is 80.7 Å². The molecule has 0 saturated heterocycles. The Bertz CT molecular complexity index is 1610. The molecule has 1 amide bonds. The van der Waals surface area contributed by atoms with Crippen molar-refractivity contribution in [2.75, 3.05) is 19.4 Å². The predicted octanol–water partition coefficient (Wildman–Crippen LogP) is 2.92. The van der Waals surface area contributed by atoms with Gasteiger partial charge in [0, 0.05) is 42.9 Å². The van der Waals surface area contributed by atoms with Crippen molar-refractivity contribution in [1.82, 2.24) is 13.9 Å². The Morgan fingerprint density at radius 1 is 1.20 bits per heavy atom. The molecule has 0 spiro atoms. The summed E-state index contributed by atoms with van der Waals surface area (Å²) in [7, 11) is -0.751. The van der Waals surface area contributed by atoms with E-state index in [9.17, 15) is 28.1 Å². The van der Waals surface area contributed by atoms with Crippen LogP contribution >= 0.6 is 11.3 Å². The number of sulfonamides is 1. The van der Waals surface area contributed by atoms with Crippen LogP contribution in [0, 0.1) is 10.1 Å². The molecule has 2 heterocycles. The minimum atomic E-state index is -3.60. The summed E-state index contributed by atoms with van der Waals surface area (Å²) in [6.45, 7) is -0.330. The Labute approximate surface area is 203 Å². The Kier molecular flexibility index (Phi) is 6.47. The molecule has 4 rings (SSSR count). The van der Waals surface area contributed by atoms with Crippen molar-refractivity contribution in [3.63, 3.8) is 0 Å². The molecule has 13 heteroatoms. The van der Waals surface area contributed by atoms with Crippen LogP contribution in [0.2, 0.25) is 0 Å². The molecule has 180 valence electrons. The zero-order chi connectivity index (χ0) is 25.3. The number of non-ortho nitro benzene ring substituents is 1. The standard InChI is InChI=1S/C22H19N5O6S2/c1-25(2)35(32,33)17-8-6-15(7-9-17)24-19(28)11-26-13-23-21-20(22(26)29)18(12-34-21)14-4-3-5-16(10-14)27(30)31/h3-10,12-13H,11H2,1-2H3,(H,24,28). The molecule has 2 aromatic heterocycles. The Balaban J connectivity index is 1.58. The van der Waals surface area contributed by atoms with Crippen LogP contribution in [-0.4, -0.2) is 47.2 Å². The maximum atomic E-state index is 13.2. The van der Waals surface area contributed by atoms with Crippen LogP contribution < -0.4 is 10.9 Å². The fourth-order valence-corrected chi connectivity index (χ4v) is 5.16. The number of hydrogen-bond acceptors (Lipinski definition) is 8. The van der Waals surface area contributed by atoms with Gasteiger partial charge in [-0.1, -0.05) is 12.1 Å². The topological polar surface area (TPSA) is 145 Å². The molecule has 0 aliphatic heterocycles. The van der Waals surface area contributed by atoms with E-state index in [4.69, 9.17) is 0 Å². The van der Waals surface area contributed by atoms with Crippen LogP contribution in [0.1, 0.15) is 0 Å². The Morgan fingerprint density at radius 3 is 2.57 bits per heavy atom. The van der Waals surface area contributed by atoms with Gasteiger partial charge in [0.15, 0.2) is 0 Å². The van der Waals surface area contributed by atoms with Crippen LogP contribution in [0.3, 0.4) is 0 Å². The summed E-state index contributed by atoms with van der Waals surface area (Å²) in [5.74, 6) is -0.511. The van der Waals surface area contributed by atoms with Crippen LogP contribution in [0.5, 0.6) is 0 Å². The van der Waals surface area contributed by atoms with Gasteiger partial charge in [0.25, 0.3) is 11.2 Å². The van der Waals surface area contributed by atoms with Crippen molar-refractivity contribution < 1.29 is 18.1 Å². The van der Waals surface area contributed by atoms with Gasteiger partial charge in [-0.15, -0.1) is 11.3 Å². The highest BCUT2D eigenvalue weighted by Crippen LogP contribution is 2.32. The van der Waals surface area contributed by atoms with Gasteiger partial charge in [-0.2, -0.15) is 0 Å². The van der Waals surface area contributed by atoms with Crippen LogP contribution in [-0.2, 0) is 21.4 Å². The minimum absolute atomic E-state index is 0.0810. The molecule has 0 aliphatic carbocycles. The van der Waals surface area contributed by atoms with Gasteiger partial charge in [0.1, 0.15) is 11.4 Å². The SMILES string of the molecule is CN(C)S(=O)(=O)c1ccc(NC(=O)Cn2cnc3scc(-c4cccc([N+](=O)[O-])c4)c3c2=O)cc1. The molecule has 0 bridgehead atoms. The lowest BCUT2D eigenvalue weighted by molar-refractivity contribution is -0.384. The third-order valence-electron chi connectivity index (χ3n) is 5.16. The summed E-state index contributed by atoms with van der Waals surface area (Å²) in [4.78, 5) is 41.1. The highest BCUT2D eigenvalue weighted by atomic mass is 32.2. The number of carbonyl (C=O) groups excluding carboxylic acids is 1. The van der Waals surface area contributed by atoms with E-state index in [1.807, 2.05) is 0 Å². The number of carbonyl (C=O) groups is 1. The number of nitrogens with zero attached hydrogens (tertiary/aromatic N) is 4. The summed E-state index contributed by atoms with van der Waals surface area (Å²) in [5, 5.41) is 15.7. The number of benzene rings is 2. The summed E-state index contributed by atoms with van der Waals surface area (Å²) < 4.78 is 26.6. The smallest absolute Gasteiger partial charge is 0.270 e. The van der Waals surface area contributed by atoms with E-state index in [1.165, 1.54) is 74.2 Å². The number of nitro groups is 1. The van der Waals surface area contributed by atoms with Crippen LogP contribution in [0.25, 0.3) is 21.3 Å². The molecule has 0 aliphatic rings. The first-order valence-corrected chi connectivity index (χ1v) is 12.4. The van der Waals surface area contributed by atoms with Gasteiger partial charge >= 0.3 is 0 Å². The van der Waals surface area contributed by atoms with Crippen molar-refractivity contribution in [2.24, 2.45) is 0 Å². The average Bonchev–Trinajstić information content (AvgIpc) is 3.26. The van der Waals surface area contributed by atoms with E-state index in [2.05, 4.69) is 10.3 Å². The normalized spacial score (nSPS) is 11.6. The fraction of sp³-hybridized carbons (Fsp3) is 0.136. The van der Waals surface area contributed by atoms with Crippen LogP contribution in [0.15, 0.2) is 69.9 Å². The van der Waals surface area contributed by atoms with Gasteiger partial charge in [-0.05, 0) is 29.8 Å². The summed E-state index contributed by atoms with van der Waals surface area (Å²) in [6, 6.07) is 11.6. The molecular weight excluding hydrogens is 494 g/mol. The summed E-state index contributed by atoms with van der Waals surface area (Å²) in [5.41, 5.74) is 0.802. The van der Waals surface area contributed by atoms with E-state index in [0.717, 1.165) is 8.87 Å². The first-order valence-electron chi connectivity index (χ1n) is 10.1. The molecule has 0 fully saturated rings. The number of anilines is 1. The number of rotatable bonds is 7. The first kappa shape index (κ1) is 24.2. The van der Waals surface area contributed by atoms with Crippen molar-refractivity contribution in [1.29, 1.82) is 0 Å². The summed E-state index contributed by atoms with van der Waals surface area (Å²) in [6.07, 6.45) is 1.27. The molecule has 4 aromatic rings. The van der Waals surface area contributed by atoms with E-state index >= 15 is 0 Å². The number of nitro benzene ring substituents is 1. The largest absolute Gasteiger partial charge is 0.325 e. The lowest BCUT2D eigenvalue weighted by Crippen LogP contribution is -2.27. The Morgan fingerprint density at radius 2 is 1.91 bits per heavy atom. The fourth-order valence-electron chi connectivity index (χ4n) is 3.36. The molecule has 0 saturated carbocycles. The molecule has 35 heavy (non-hydrogen) atoms. The molecular formula is C22H19N5O6S2. The highest BCUT2D eigenvalue weighted by Gasteiger charge is 2.18. The molecule has 0 unspecified atom stereocenters. The molecule has 0 atom stereocenters. The lowest BCUT2D eigenvalue weighted by Gasteiger charge is -2.12. The van der Waals surface area contributed by atoms with Crippen molar-refractivity contribution in [2.45, 2.75) is 11.4 Å². The number of fused-ring (bicyclic) bond motifs is 1. The van der Waals surface area contributed by atoms with Gasteiger partial charge in [-0.25, -0.2) is 17.7 Å². The molecule has 2 aromatic carbocycles. The molecule has 1 N–H and O–H groups in total. The predicted molar refractivity (Wildman–Crippen MR) is 132 cm³/mol. The van der Waals surface area contributed by atoms with E-state index in [-0.39, 0.29) is 22.5 Å². The van der Waals surface area contributed by atoms with E-state index in [0.29, 0.717) is 21.6 Å². The number of amides is 1. The number of aromatic nitrogens is 2. The zero-order valence-corrected chi connectivity index (χ0v) is 20.2. The second-order valence-electron chi connectivity index (χ2n) is 7.67. The highest BCUT2D eigenvalue weighted by molar-refractivity contribution is 7.89. The first-order chi connectivity index (χ1) is 16.6. The molecule has 0 radical (unpaired) electrons.